The van der Waals surface area contributed by atoms with E-state index in [0.717, 1.165) is 22.3 Å². The van der Waals surface area contributed by atoms with Gasteiger partial charge in [0.25, 0.3) is 0 Å². The molecule has 0 saturated heterocycles. The monoisotopic (exact) mass is 450 g/mol. The van der Waals surface area contributed by atoms with Gasteiger partial charge in [-0.3, -0.25) is 10.1 Å². The van der Waals surface area contributed by atoms with Crippen LogP contribution in [0.1, 0.15) is 44.2 Å². The third-order valence-corrected chi connectivity index (χ3v) is 5.18. The lowest BCUT2D eigenvalue weighted by molar-refractivity contribution is -0.150. The van der Waals surface area contributed by atoms with Crippen molar-refractivity contribution < 1.29 is 23.9 Å². The summed E-state index contributed by atoms with van der Waals surface area (Å²) < 4.78 is 10.9. The smallest absolute Gasteiger partial charge is 0.411 e. The molecule has 0 radical (unpaired) electrons. The molecule has 2 amide bonds. The van der Waals surface area contributed by atoms with E-state index in [4.69, 9.17) is 9.47 Å². The van der Waals surface area contributed by atoms with Gasteiger partial charge in [0.2, 0.25) is 5.91 Å². The lowest BCUT2D eigenvalue weighted by Crippen LogP contribution is -2.34. The zero-order valence-electron chi connectivity index (χ0n) is 19.7. The first-order valence-electron chi connectivity index (χ1n) is 10.8. The van der Waals surface area contributed by atoms with Crippen molar-refractivity contribution in [2.45, 2.75) is 38.7 Å². The van der Waals surface area contributed by atoms with Gasteiger partial charge in [0, 0.05) is 26.4 Å². The van der Waals surface area contributed by atoms with Crippen LogP contribution in [0.3, 0.4) is 0 Å². The van der Waals surface area contributed by atoms with Crippen LogP contribution in [-0.2, 0) is 19.1 Å². The van der Waals surface area contributed by atoms with Gasteiger partial charge in [0.05, 0.1) is 0 Å². The van der Waals surface area contributed by atoms with Gasteiger partial charge in [-0.15, -0.1) is 0 Å². The maximum Gasteiger partial charge on any atom is 0.411 e. The highest BCUT2D eigenvalue weighted by molar-refractivity contribution is 5.93. The largest absolute Gasteiger partial charge is 0.455 e. The Morgan fingerprint density at radius 1 is 0.970 bits per heavy atom. The molecule has 0 bridgehead atoms. The zero-order chi connectivity index (χ0) is 24.2. The first-order valence-corrected chi connectivity index (χ1v) is 10.8. The number of nitrogens with one attached hydrogen (secondary N) is 1. The number of nitrogens with zero attached hydrogens (tertiary/aromatic N) is 1. The minimum atomic E-state index is -0.786. The fourth-order valence-corrected chi connectivity index (χ4v) is 3.63. The molecule has 0 aliphatic heterocycles. The number of amides is 2. The second-order valence-electron chi connectivity index (χ2n) is 9.06. The second kappa shape index (κ2) is 9.90. The fraction of sp³-hybridized carbons (Fsp3) is 0.346. The van der Waals surface area contributed by atoms with Crippen LogP contribution < -0.4 is 5.32 Å². The Labute approximate surface area is 194 Å². The maximum atomic E-state index is 12.6. The molecule has 0 fully saturated rings. The third kappa shape index (κ3) is 6.00. The highest BCUT2D eigenvalue weighted by Gasteiger charge is 2.29. The van der Waals surface area contributed by atoms with Crippen LogP contribution in [0.2, 0.25) is 0 Å². The van der Waals surface area contributed by atoms with Gasteiger partial charge in [-0.05, 0) is 49.1 Å². The molecule has 1 aliphatic carbocycles. The van der Waals surface area contributed by atoms with Crippen molar-refractivity contribution >= 4 is 18.0 Å². The van der Waals surface area contributed by atoms with Crippen molar-refractivity contribution in [3.05, 3.63) is 71.4 Å². The summed E-state index contributed by atoms with van der Waals surface area (Å²) in [5.74, 6) is -1.06. The number of alkyl carbamates (subject to hydrolysis) is 1. The SMILES string of the molecule is CN(C)C(=O)C/C=C(/NC(=O)OCC1c2ccccc2-c2ccccc21)C(=O)OC(C)(C)C. The average molecular weight is 451 g/mol. The number of carbonyl (C=O) groups excluding carboxylic acids is 3. The Morgan fingerprint density at radius 3 is 2.03 bits per heavy atom. The van der Waals surface area contributed by atoms with Gasteiger partial charge < -0.3 is 14.4 Å². The normalized spacial score (nSPS) is 13.1. The minimum absolute atomic E-state index is 0.0643. The van der Waals surface area contributed by atoms with E-state index < -0.39 is 17.7 Å². The zero-order valence-corrected chi connectivity index (χ0v) is 19.7. The third-order valence-electron chi connectivity index (χ3n) is 5.18. The molecular formula is C26H30N2O5. The summed E-state index contributed by atoms with van der Waals surface area (Å²) in [6, 6.07) is 16.1. The number of esters is 1. The van der Waals surface area contributed by atoms with Crippen molar-refractivity contribution in [3.8, 4) is 11.1 Å². The number of hydrogen-bond acceptors (Lipinski definition) is 5. The maximum absolute atomic E-state index is 12.6. The summed E-state index contributed by atoms with van der Waals surface area (Å²) in [4.78, 5) is 38.5. The second-order valence-corrected chi connectivity index (χ2v) is 9.06. The van der Waals surface area contributed by atoms with Crippen molar-refractivity contribution in [2.24, 2.45) is 0 Å². The highest BCUT2D eigenvalue weighted by Crippen LogP contribution is 2.44. The van der Waals surface area contributed by atoms with Gasteiger partial charge in [-0.25, -0.2) is 9.59 Å². The van der Waals surface area contributed by atoms with Crippen LogP contribution in [0.5, 0.6) is 0 Å². The van der Waals surface area contributed by atoms with E-state index in [1.807, 2.05) is 36.4 Å². The van der Waals surface area contributed by atoms with Crippen LogP contribution in [0.15, 0.2) is 60.3 Å². The number of carbonyl (C=O) groups is 3. The van der Waals surface area contributed by atoms with Gasteiger partial charge in [-0.1, -0.05) is 48.5 Å². The number of rotatable bonds is 6. The molecule has 0 spiro atoms. The lowest BCUT2D eigenvalue weighted by atomic mass is 9.98. The van der Waals surface area contributed by atoms with Crippen LogP contribution in [-0.4, -0.2) is 49.2 Å². The predicted molar refractivity (Wildman–Crippen MR) is 125 cm³/mol. The standard InChI is InChI=1S/C26H30N2O5/c1-26(2,3)33-24(30)22(14-15-23(29)28(4)5)27-25(31)32-16-21-19-12-8-6-10-17(19)18-11-7-9-13-20(18)21/h6-14,21H,15-16H2,1-5H3,(H,27,31)/b22-14+. The molecule has 174 valence electrons. The molecule has 33 heavy (non-hydrogen) atoms. The molecule has 1 aliphatic rings. The molecule has 1 N–H and O–H groups in total. The Hall–Kier alpha value is -3.61. The molecule has 0 saturated carbocycles. The van der Waals surface area contributed by atoms with Gasteiger partial charge in [0.15, 0.2) is 0 Å². The summed E-state index contributed by atoms with van der Waals surface area (Å²) in [5.41, 5.74) is 3.54. The Balaban J connectivity index is 1.72. The molecule has 3 rings (SSSR count). The first-order chi connectivity index (χ1) is 15.6. The Kier molecular flexibility index (Phi) is 7.21. The molecule has 2 aromatic carbocycles. The van der Waals surface area contributed by atoms with E-state index in [9.17, 15) is 14.4 Å². The van der Waals surface area contributed by atoms with Gasteiger partial charge in [0.1, 0.15) is 17.9 Å². The summed E-state index contributed by atoms with van der Waals surface area (Å²) in [5, 5.41) is 2.46. The fourth-order valence-electron chi connectivity index (χ4n) is 3.63. The van der Waals surface area contributed by atoms with Crippen LogP contribution in [0, 0.1) is 0 Å². The Morgan fingerprint density at radius 2 is 1.52 bits per heavy atom. The van der Waals surface area contributed by atoms with E-state index in [0.29, 0.717) is 0 Å². The molecule has 2 aromatic rings. The predicted octanol–water partition coefficient (Wildman–Crippen LogP) is 4.23. The van der Waals surface area contributed by atoms with E-state index in [-0.39, 0.29) is 30.5 Å². The minimum Gasteiger partial charge on any atom is -0.455 e. The van der Waals surface area contributed by atoms with E-state index in [2.05, 4.69) is 17.4 Å². The van der Waals surface area contributed by atoms with Crippen LogP contribution in [0.25, 0.3) is 11.1 Å². The van der Waals surface area contributed by atoms with E-state index in [1.54, 1.807) is 34.9 Å². The molecule has 0 heterocycles. The van der Waals surface area contributed by atoms with Crippen molar-refractivity contribution in [3.63, 3.8) is 0 Å². The van der Waals surface area contributed by atoms with Crippen molar-refractivity contribution in [1.82, 2.24) is 10.2 Å². The first kappa shape index (κ1) is 24.0. The van der Waals surface area contributed by atoms with Crippen molar-refractivity contribution in [1.29, 1.82) is 0 Å². The van der Waals surface area contributed by atoms with E-state index in [1.165, 1.54) is 11.0 Å². The topological polar surface area (TPSA) is 84.9 Å². The van der Waals surface area contributed by atoms with Crippen LogP contribution in [0.4, 0.5) is 4.79 Å². The summed E-state index contributed by atoms with van der Waals surface area (Å²) >= 11 is 0. The molecule has 7 nitrogen and oxygen atoms in total. The Bertz CT molecular complexity index is 1040. The number of benzene rings is 2. The highest BCUT2D eigenvalue weighted by atomic mass is 16.6. The van der Waals surface area contributed by atoms with Gasteiger partial charge >= 0.3 is 12.1 Å². The molecular weight excluding hydrogens is 420 g/mol. The average Bonchev–Trinajstić information content (AvgIpc) is 3.07. The summed E-state index contributed by atoms with van der Waals surface area (Å²) in [7, 11) is 3.23. The summed E-state index contributed by atoms with van der Waals surface area (Å²) in [6.45, 7) is 5.28. The molecule has 0 atom stereocenters. The summed E-state index contributed by atoms with van der Waals surface area (Å²) in [6.07, 6.45) is 0.495. The van der Waals surface area contributed by atoms with Crippen molar-refractivity contribution in [2.75, 3.05) is 20.7 Å². The molecule has 7 heteroatoms. The quantitative estimate of drug-likeness (QED) is 0.526. The lowest BCUT2D eigenvalue weighted by Gasteiger charge is -2.21. The number of ether oxygens (including phenoxy) is 2. The molecule has 0 unspecified atom stereocenters. The van der Waals surface area contributed by atoms with E-state index >= 15 is 0 Å². The van der Waals surface area contributed by atoms with Gasteiger partial charge in [-0.2, -0.15) is 0 Å². The number of fused-ring (bicyclic) bond motifs is 3. The number of hydrogen-bond donors (Lipinski definition) is 1. The molecule has 0 aromatic heterocycles. The van der Waals surface area contributed by atoms with Crippen LogP contribution >= 0.6 is 0 Å².